The molecule has 2 atom stereocenters. The highest BCUT2D eigenvalue weighted by Crippen LogP contribution is 2.19. The largest absolute Gasteiger partial charge is 0.484 e. The summed E-state index contributed by atoms with van der Waals surface area (Å²) in [5.74, 6) is -0.312. The Bertz CT molecular complexity index is 855. The zero-order chi connectivity index (χ0) is 21.0. The van der Waals surface area contributed by atoms with Crippen molar-refractivity contribution in [2.24, 2.45) is 5.73 Å². The minimum absolute atomic E-state index is 0.0417. The third-order valence-corrected chi connectivity index (χ3v) is 5.24. The third kappa shape index (κ3) is 5.32. The van der Waals surface area contributed by atoms with Crippen molar-refractivity contribution in [1.29, 1.82) is 0 Å². The van der Waals surface area contributed by atoms with E-state index in [1.807, 2.05) is 11.8 Å². The van der Waals surface area contributed by atoms with Crippen LogP contribution in [0.4, 0.5) is 4.39 Å². The standard InChI is InChI=1S/C22H26FN3O3/c1-15-12-26(16(2)11-25(15)13-17-3-7-19(23)8-4-17)21(27)14-29-20-9-5-18(6-10-20)22(24)28/h3-10,15-16H,11-14H2,1-2H3,(H2,24,28)/t15-,16+/m1/s1. The van der Waals surface area contributed by atoms with Crippen molar-refractivity contribution in [3.63, 3.8) is 0 Å². The van der Waals surface area contributed by atoms with Gasteiger partial charge in [0.2, 0.25) is 5.91 Å². The first-order valence-electron chi connectivity index (χ1n) is 9.64. The zero-order valence-corrected chi connectivity index (χ0v) is 16.7. The fourth-order valence-electron chi connectivity index (χ4n) is 3.53. The van der Waals surface area contributed by atoms with Gasteiger partial charge in [0.05, 0.1) is 0 Å². The van der Waals surface area contributed by atoms with Crippen molar-refractivity contribution in [2.75, 3.05) is 19.7 Å². The minimum atomic E-state index is -0.506. The average Bonchev–Trinajstić information content (AvgIpc) is 2.70. The zero-order valence-electron chi connectivity index (χ0n) is 16.7. The highest BCUT2D eigenvalue weighted by atomic mass is 19.1. The molecular weight excluding hydrogens is 373 g/mol. The van der Waals surface area contributed by atoms with Gasteiger partial charge in [-0.15, -0.1) is 0 Å². The molecule has 154 valence electrons. The summed E-state index contributed by atoms with van der Waals surface area (Å²) in [4.78, 5) is 27.9. The van der Waals surface area contributed by atoms with Crippen molar-refractivity contribution in [3.05, 3.63) is 65.5 Å². The minimum Gasteiger partial charge on any atom is -0.484 e. The van der Waals surface area contributed by atoms with E-state index in [1.165, 1.54) is 12.1 Å². The lowest BCUT2D eigenvalue weighted by Gasteiger charge is -2.44. The average molecular weight is 399 g/mol. The summed E-state index contributed by atoms with van der Waals surface area (Å²) in [7, 11) is 0. The van der Waals surface area contributed by atoms with Crippen molar-refractivity contribution < 1.29 is 18.7 Å². The van der Waals surface area contributed by atoms with E-state index in [4.69, 9.17) is 10.5 Å². The Kier molecular flexibility index (Phi) is 6.49. The predicted octanol–water partition coefficient (Wildman–Crippen LogP) is 2.42. The summed E-state index contributed by atoms with van der Waals surface area (Å²) in [5, 5.41) is 0. The molecule has 1 heterocycles. The Morgan fingerprint density at radius 1 is 1.03 bits per heavy atom. The Hall–Kier alpha value is -2.93. The van der Waals surface area contributed by atoms with Crippen molar-refractivity contribution in [2.45, 2.75) is 32.5 Å². The molecule has 1 saturated heterocycles. The van der Waals surface area contributed by atoms with Gasteiger partial charge < -0.3 is 15.4 Å². The number of carbonyl (C=O) groups is 2. The number of piperazine rings is 1. The molecule has 0 bridgehead atoms. The van der Waals surface area contributed by atoms with Gasteiger partial charge in [-0.2, -0.15) is 0 Å². The van der Waals surface area contributed by atoms with E-state index in [-0.39, 0.29) is 30.4 Å². The molecule has 2 aromatic carbocycles. The number of primary amides is 1. The number of hydrogen-bond acceptors (Lipinski definition) is 4. The lowest BCUT2D eigenvalue weighted by molar-refractivity contribution is -0.139. The van der Waals surface area contributed by atoms with E-state index in [0.717, 1.165) is 18.7 Å². The Balaban J connectivity index is 1.54. The van der Waals surface area contributed by atoms with Gasteiger partial charge >= 0.3 is 0 Å². The first-order valence-corrected chi connectivity index (χ1v) is 9.64. The maximum atomic E-state index is 13.1. The van der Waals surface area contributed by atoms with Gasteiger partial charge in [-0.3, -0.25) is 14.5 Å². The van der Waals surface area contributed by atoms with Crippen LogP contribution in [0.3, 0.4) is 0 Å². The second-order valence-corrected chi connectivity index (χ2v) is 7.48. The molecule has 0 aromatic heterocycles. The molecule has 0 aliphatic carbocycles. The number of nitrogens with zero attached hydrogens (tertiary/aromatic N) is 2. The summed E-state index contributed by atoms with van der Waals surface area (Å²) in [6, 6.07) is 13.1. The highest BCUT2D eigenvalue weighted by Gasteiger charge is 2.32. The Labute approximate surface area is 170 Å². The van der Waals surface area contributed by atoms with Gasteiger partial charge in [-0.1, -0.05) is 12.1 Å². The van der Waals surface area contributed by atoms with Crippen LogP contribution in [0.5, 0.6) is 5.75 Å². The summed E-state index contributed by atoms with van der Waals surface area (Å²) in [5.41, 5.74) is 6.66. The fraction of sp³-hybridized carbons (Fsp3) is 0.364. The number of hydrogen-bond donors (Lipinski definition) is 1. The molecule has 3 rings (SSSR count). The van der Waals surface area contributed by atoms with E-state index in [1.54, 1.807) is 36.4 Å². The van der Waals surface area contributed by atoms with Gasteiger partial charge in [0.1, 0.15) is 11.6 Å². The molecule has 2 aromatic rings. The molecule has 1 aliphatic rings. The molecule has 2 amide bonds. The van der Waals surface area contributed by atoms with Crippen LogP contribution in [0.15, 0.2) is 48.5 Å². The molecule has 0 radical (unpaired) electrons. The second-order valence-electron chi connectivity index (χ2n) is 7.48. The van der Waals surface area contributed by atoms with Crippen LogP contribution in [0, 0.1) is 5.82 Å². The van der Waals surface area contributed by atoms with E-state index in [0.29, 0.717) is 17.9 Å². The predicted molar refractivity (Wildman–Crippen MR) is 108 cm³/mol. The van der Waals surface area contributed by atoms with Crippen LogP contribution in [0.25, 0.3) is 0 Å². The molecule has 7 heteroatoms. The number of halogens is 1. The number of rotatable bonds is 6. The van der Waals surface area contributed by atoms with Crippen LogP contribution >= 0.6 is 0 Å². The number of benzene rings is 2. The normalized spacial score (nSPS) is 19.8. The van der Waals surface area contributed by atoms with Crippen molar-refractivity contribution in [1.82, 2.24) is 9.80 Å². The smallest absolute Gasteiger partial charge is 0.260 e. The van der Waals surface area contributed by atoms with Crippen LogP contribution in [-0.4, -0.2) is 53.4 Å². The van der Waals surface area contributed by atoms with Gasteiger partial charge in [0.15, 0.2) is 6.61 Å². The van der Waals surface area contributed by atoms with E-state index >= 15 is 0 Å². The molecular formula is C22H26FN3O3. The summed E-state index contributed by atoms with van der Waals surface area (Å²) in [6.45, 7) is 6.09. The molecule has 0 unspecified atom stereocenters. The number of ether oxygens (including phenoxy) is 1. The number of nitrogens with two attached hydrogens (primary N) is 1. The number of carbonyl (C=O) groups excluding carboxylic acids is 2. The summed E-state index contributed by atoms with van der Waals surface area (Å²) in [6.07, 6.45) is 0. The van der Waals surface area contributed by atoms with Crippen molar-refractivity contribution >= 4 is 11.8 Å². The van der Waals surface area contributed by atoms with E-state index < -0.39 is 5.91 Å². The SMILES string of the molecule is C[C@@H]1CN(C(=O)COc2ccc(C(N)=O)cc2)[C@@H](C)CN1Cc1ccc(F)cc1. The van der Waals surface area contributed by atoms with Crippen LogP contribution < -0.4 is 10.5 Å². The first-order chi connectivity index (χ1) is 13.8. The lowest BCUT2D eigenvalue weighted by atomic mass is 10.1. The maximum Gasteiger partial charge on any atom is 0.260 e. The van der Waals surface area contributed by atoms with E-state index in [9.17, 15) is 14.0 Å². The second kappa shape index (κ2) is 9.05. The highest BCUT2D eigenvalue weighted by molar-refractivity contribution is 5.92. The summed E-state index contributed by atoms with van der Waals surface area (Å²) < 4.78 is 18.7. The lowest BCUT2D eigenvalue weighted by Crippen LogP contribution is -2.58. The molecule has 0 spiro atoms. The van der Waals surface area contributed by atoms with Gasteiger partial charge in [-0.05, 0) is 55.8 Å². The quantitative estimate of drug-likeness (QED) is 0.810. The first kappa shape index (κ1) is 20.8. The van der Waals surface area contributed by atoms with Crippen LogP contribution in [0.1, 0.15) is 29.8 Å². The Morgan fingerprint density at radius 3 is 2.31 bits per heavy atom. The maximum absolute atomic E-state index is 13.1. The monoisotopic (exact) mass is 399 g/mol. The molecule has 1 fully saturated rings. The van der Waals surface area contributed by atoms with Crippen LogP contribution in [-0.2, 0) is 11.3 Å². The molecule has 1 aliphatic heterocycles. The number of amides is 2. The molecule has 6 nitrogen and oxygen atoms in total. The molecule has 2 N–H and O–H groups in total. The Morgan fingerprint density at radius 2 is 1.69 bits per heavy atom. The fourth-order valence-corrected chi connectivity index (χ4v) is 3.53. The summed E-state index contributed by atoms with van der Waals surface area (Å²) >= 11 is 0. The van der Waals surface area contributed by atoms with Gasteiger partial charge in [0.25, 0.3) is 5.91 Å². The molecule has 29 heavy (non-hydrogen) atoms. The molecule has 0 saturated carbocycles. The topological polar surface area (TPSA) is 75.9 Å². The van der Waals surface area contributed by atoms with E-state index in [2.05, 4.69) is 11.8 Å². The van der Waals surface area contributed by atoms with Crippen molar-refractivity contribution in [3.8, 4) is 5.75 Å². The van der Waals surface area contributed by atoms with Gasteiger partial charge in [-0.25, -0.2) is 4.39 Å². The van der Waals surface area contributed by atoms with Crippen LogP contribution in [0.2, 0.25) is 0 Å². The third-order valence-electron chi connectivity index (χ3n) is 5.24. The van der Waals surface area contributed by atoms with Gasteiger partial charge in [0, 0.05) is 37.3 Å².